The molecule has 112 valence electrons. The minimum absolute atomic E-state index is 0.0155. The molecule has 1 aliphatic heterocycles. The number of hydrogen-bond acceptors (Lipinski definition) is 4. The van der Waals surface area contributed by atoms with E-state index in [9.17, 15) is 12.8 Å². The van der Waals surface area contributed by atoms with Gasteiger partial charge in [0.2, 0.25) is 10.0 Å². The summed E-state index contributed by atoms with van der Waals surface area (Å²) in [5.74, 6) is 1.57. The fourth-order valence-electron chi connectivity index (χ4n) is 1.98. The van der Waals surface area contributed by atoms with Gasteiger partial charge in [-0.1, -0.05) is 11.6 Å². The van der Waals surface area contributed by atoms with Crippen molar-refractivity contribution < 1.29 is 12.8 Å². The number of nitrogens with two attached hydrogens (primary N) is 1. The summed E-state index contributed by atoms with van der Waals surface area (Å²) in [5, 5.41) is -0.126. The van der Waals surface area contributed by atoms with E-state index in [0.29, 0.717) is 12.5 Å². The van der Waals surface area contributed by atoms with Crippen LogP contribution in [0.3, 0.4) is 0 Å². The van der Waals surface area contributed by atoms with Crippen LogP contribution in [-0.4, -0.2) is 26.5 Å². The summed E-state index contributed by atoms with van der Waals surface area (Å²) in [7, 11) is -3.73. The first-order chi connectivity index (χ1) is 9.44. The van der Waals surface area contributed by atoms with Crippen LogP contribution in [0.4, 0.5) is 4.39 Å². The predicted octanol–water partition coefficient (Wildman–Crippen LogP) is 1.97. The molecule has 0 aromatic heterocycles. The molecule has 1 aliphatic rings. The average Bonchev–Trinajstić information content (AvgIpc) is 2.92. The molecule has 1 saturated heterocycles. The lowest BCUT2D eigenvalue weighted by molar-refractivity contribution is 0.544. The molecule has 1 heterocycles. The zero-order chi connectivity index (χ0) is 14.8. The van der Waals surface area contributed by atoms with Crippen LogP contribution in [0, 0.1) is 11.7 Å². The van der Waals surface area contributed by atoms with Crippen LogP contribution in [0.2, 0.25) is 5.02 Å². The van der Waals surface area contributed by atoms with Crippen LogP contribution in [0.5, 0.6) is 0 Å². The molecule has 0 radical (unpaired) electrons. The Hall–Kier alpha value is -0.340. The van der Waals surface area contributed by atoms with E-state index < -0.39 is 15.8 Å². The Kier molecular flexibility index (Phi) is 5.30. The second kappa shape index (κ2) is 6.62. The largest absolute Gasteiger partial charge is 0.326 e. The lowest BCUT2D eigenvalue weighted by Gasteiger charge is -2.12. The molecule has 20 heavy (non-hydrogen) atoms. The summed E-state index contributed by atoms with van der Waals surface area (Å²) in [5.41, 5.74) is 5.72. The monoisotopic (exact) mass is 338 g/mol. The third-order valence-electron chi connectivity index (χ3n) is 3.19. The molecule has 0 saturated carbocycles. The molecule has 1 fully saturated rings. The maximum atomic E-state index is 13.6. The van der Waals surface area contributed by atoms with Crippen LogP contribution in [0.15, 0.2) is 17.0 Å². The number of thioether (sulfide) groups is 1. The Balaban J connectivity index is 2.18. The predicted molar refractivity (Wildman–Crippen MR) is 79.9 cm³/mol. The van der Waals surface area contributed by atoms with Crippen molar-refractivity contribution in [1.82, 2.24) is 4.72 Å². The molecule has 1 atom stereocenters. The van der Waals surface area contributed by atoms with Crippen molar-refractivity contribution in [3.63, 3.8) is 0 Å². The first kappa shape index (κ1) is 16.0. The lowest BCUT2D eigenvalue weighted by Crippen LogP contribution is -2.29. The Morgan fingerprint density at radius 2 is 2.25 bits per heavy atom. The van der Waals surface area contributed by atoms with E-state index in [4.69, 9.17) is 17.3 Å². The highest BCUT2D eigenvalue weighted by Crippen LogP contribution is 2.25. The number of benzene rings is 1. The van der Waals surface area contributed by atoms with E-state index >= 15 is 0 Å². The number of sulfonamides is 1. The van der Waals surface area contributed by atoms with Crippen LogP contribution in [0.25, 0.3) is 0 Å². The number of nitrogens with one attached hydrogen (secondary N) is 1. The summed E-state index contributed by atoms with van der Waals surface area (Å²) in [6.07, 6.45) is 0.996. The Labute approximate surface area is 127 Å². The fourth-order valence-corrected chi connectivity index (χ4v) is 4.63. The number of halogens is 2. The van der Waals surface area contributed by atoms with Gasteiger partial charge in [-0.15, -0.1) is 0 Å². The zero-order valence-electron chi connectivity index (χ0n) is 10.7. The van der Waals surface area contributed by atoms with E-state index in [1.54, 1.807) is 0 Å². The second-order valence-electron chi connectivity index (χ2n) is 4.66. The Morgan fingerprint density at radius 3 is 2.85 bits per heavy atom. The third-order valence-corrected chi connectivity index (χ3v) is 6.25. The van der Waals surface area contributed by atoms with Crippen molar-refractivity contribution in [1.29, 1.82) is 0 Å². The maximum Gasteiger partial charge on any atom is 0.240 e. The molecule has 8 heteroatoms. The molecule has 3 N–H and O–H groups in total. The van der Waals surface area contributed by atoms with Gasteiger partial charge in [0.15, 0.2) is 0 Å². The van der Waals surface area contributed by atoms with Crippen molar-refractivity contribution in [3.05, 3.63) is 28.5 Å². The van der Waals surface area contributed by atoms with Crippen LogP contribution in [-0.2, 0) is 16.6 Å². The van der Waals surface area contributed by atoms with E-state index in [1.807, 2.05) is 11.8 Å². The molecule has 0 amide bonds. The van der Waals surface area contributed by atoms with Gasteiger partial charge in [0.05, 0.1) is 9.92 Å². The molecule has 4 nitrogen and oxygen atoms in total. The molecule has 2 rings (SSSR count). The Bertz CT molecular complexity index is 589. The highest BCUT2D eigenvalue weighted by molar-refractivity contribution is 7.99. The van der Waals surface area contributed by atoms with Gasteiger partial charge in [-0.25, -0.2) is 17.5 Å². The molecule has 1 aromatic carbocycles. The number of rotatable bonds is 5. The lowest BCUT2D eigenvalue weighted by atomic mass is 10.1. The van der Waals surface area contributed by atoms with Gasteiger partial charge in [-0.05, 0) is 41.5 Å². The topological polar surface area (TPSA) is 72.2 Å². The van der Waals surface area contributed by atoms with Gasteiger partial charge < -0.3 is 5.73 Å². The van der Waals surface area contributed by atoms with Gasteiger partial charge in [-0.3, -0.25) is 0 Å². The average molecular weight is 339 g/mol. The second-order valence-corrected chi connectivity index (χ2v) is 7.96. The minimum Gasteiger partial charge on any atom is -0.326 e. The fraction of sp³-hybridized carbons (Fsp3) is 0.500. The van der Waals surface area contributed by atoms with Gasteiger partial charge in [0.1, 0.15) is 5.82 Å². The first-order valence-electron chi connectivity index (χ1n) is 6.19. The highest BCUT2D eigenvalue weighted by atomic mass is 35.5. The summed E-state index contributed by atoms with van der Waals surface area (Å²) in [6, 6.07) is 2.24. The van der Waals surface area contributed by atoms with Gasteiger partial charge in [0, 0.05) is 13.1 Å². The van der Waals surface area contributed by atoms with Crippen LogP contribution < -0.4 is 10.5 Å². The van der Waals surface area contributed by atoms with Crippen molar-refractivity contribution >= 4 is 33.4 Å². The Morgan fingerprint density at radius 1 is 1.50 bits per heavy atom. The van der Waals surface area contributed by atoms with Gasteiger partial charge in [-0.2, -0.15) is 11.8 Å². The molecule has 0 aliphatic carbocycles. The van der Waals surface area contributed by atoms with Crippen molar-refractivity contribution in [2.45, 2.75) is 17.9 Å². The standard InChI is InChI=1S/C12H16ClFN2O2S2/c13-12-9(5-15)3-10(4-11(12)14)20(17,18)16-6-8-1-2-19-7-8/h3-4,8,16H,1-2,5-7,15H2. The minimum atomic E-state index is -3.73. The summed E-state index contributed by atoms with van der Waals surface area (Å²) >= 11 is 7.53. The van der Waals surface area contributed by atoms with Crippen LogP contribution >= 0.6 is 23.4 Å². The van der Waals surface area contributed by atoms with Crippen LogP contribution in [0.1, 0.15) is 12.0 Å². The highest BCUT2D eigenvalue weighted by Gasteiger charge is 2.22. The smallest absolute Gasteiger partial charge is 0.240 e. The molecule has 0 bridgehead atoms. The maximum absolute atomic E-state index is 13.6. The normalized spacial score (nSPS) is 19.4. The van der Waals surface area contributed by atoms with Gasteiger partial charge >= 0.3 is 0 Å². The van der Waals surface area contributed by atoms with E-state index in [1.165, 1.54) is 6.07 Å². The SMILES string of the molecule is NCc1cc(S(=O)(=O)NCC2CCSC2)cc(F)c1Cl. The van der Waals surface area contributed by atoms with Crippen molar-refractivity contribution in [3.8, 4) is 0 Å². The van der Waals surface area contributed by atoms with Crippen molar-refractivity contribution in [2.24, 2.45) is 11.7 Å². The van der Waals surface area contributed by atoms with E-state index in [-0.39, 0.29) is 22.0 Å². The number of hydrogen-bond donors (Lipinski definition) is 2. The summed E-state index contributed by atoms with van der Waals surface area (Å²) in [4.78, 5) is -0.134. The van der Waals surface area contributed by atoms with Crippen molar-refractivity contribution in [2.75, 3.05) is 18.1 Å². The zero-order valence-corrected chi connectivity index (χ0v) is 13.1. The van der Waals surface area contributed by atoms with E-state index in [2.05, 4.69) is 4.72 Å². The van der Waals surface area contributed by atoms with Gasteiger partial charge in [0.25, 0.3) is 0 Å². The molecule has 0 spiro atoms. The van der Waals surface area contributed by atoms with E-state index in [0.717, 1.165) is 24.0 Å². The molecular weight excluding hydrogens is 323 g/mol. The third kappa shape index (κ3) is 3.65. The summed E-state index contributed by atoms with van der Waals surface area (Å²) in [6.45, 7) is 0.357. The molecule has 1 unspecified atom stereocenters. The first-order valence-corrected chi connectivity index (χ1v) is 9.21. The quantitative estimate of drug-likeness (QED) is 0.861. The molecular formula is C12H16ClFN2O2S2. The summed E-state index contributed by atoms with van der Waals surface area (Å²) < 4.78 is 40.4. The molecule has 1 aromatic rings.